The molecular weight excluding hydrogens is 244 g/mol. The predicted octanol–water partition coefficient (Wildman–Crippen LogP) is 2.52. The average molecular weight is 256 g/mol. The number of aryl methyl sites for hydroxylation is 1. The molecule has 3 aromatic rings. The van der Waals surface area contributed by atoms with Crippen molar-refractivity contribution in [1.29, 1.82) is 0 Å². The lowest BCUT2D eigenvalue weighted by Crippen LogP contribution is -1.94. The lowest BCUT2D eigenvalue weighted by molar-refractivity contribution is 1.06. The van der Waals surface area contributed by atoms with Crippen LogP contribution in [0.3, 0.4) is 0 Å². The molecule has 2 aromatic heterocycles. The highest BCUT2D eigenvalue weighted by atomic mass is 32.1. The van der Waals surface area contributed by atoms with Crippen molar-refractivity contribution in [3.8, 4) is 10.6 Å². The van der Waals surface area contributed by atoms with Gasteiger partial charge in [-0.1, -0.05) is 0 Å². The molecule has 0 fully saturated rings. The van der Waals surface area contributed by atoms with Gasteiger partial charge in [0.05, 0.1) is 16.7 Å². The molecule has 0 atom stereocenters. The number of aromatic nitrogens is 3. The van der Waals surface area contributed by atoms with Crippen LogP contribution in [0.25, 0.3) is 21.6 Å². The zero-order chi connectivity index (χ0) is 12.5. The second-order valence-electron chi connectivity index (χ2n) is 3.99. The van der Waals surface area contributed by atoms with Gasteiger partial charge >= 0.3 is 0 Å². The molecule has 90 valence electrons. The third-order valence-electron chi connectivity index (χ3n) is 2.79. The molecule has 0 saturated carbocycles. The molecule has 18 heavy (non-hydrogen) atoms. The topological polar surface area (TPSA) is 64.7 Å². The third-order valence-corrected chi connectivity index (χ3v) is 4.02. The SMILES string of the molecule is Cc1nc(-c2ccc3nccnc3c2)sc1CN. The summed E-state index contributed by atoms with van der Waals surface area (Å²) >= 11 is 1.64. The molecule has 0 bridgehead atoms. The predicted molar refractivity (Wildman–Crippen MR) is 73.3 cm³/mol. The Kier molecular flexibility index (Phi) is 2.77. The van der Waals surface area contributed by atoms with Crippen molar-refractivity contribution in [1.82, 2.24) is 15.0 Å². The van der Waals surface area contributed by atoms with Crippen LogP contribution < -0.4 is 5.73 Å². The minimum absolute atomic E-state index is 0.539. The van der Waals surface area contributed by atoms with Crippen LogP contribution in [0, 0.1) is 6.92 Å². The molecule has 0 aliphatic heterocycles. The number of rotatable bonds is 2. The Balaban J connectivity index is 2.13. The number of hydrogen-bond acceptors (Lipinski definition) is 5. The standard InChI is InChI=1S/C13H12N4S/c1-8-12(7-14)18-13(17-8)9-2-3-10-11(6-9)16-5-4-15-10/h2-6H,7,14H2,1H3. The number of hydrogen-bond donors (Lipinski definition) is 1. The van der Waals surface area contributed by atoms with Gasteiger partial charge in [-0.2, -0.15) is 0 Å². The van der Waals surface area contributed by atoms with Gasteiger partial charge in [-0.3, -0.25) is 9.97 Å². The first-order valence-corrected chi connectivity index (χ1v) is 6.47. The van der Waals surface area contributed by atoms with E-state index >= 15 is 0 Å². The molecule has 3 rings (SSSR count). The molecule has 0 saturated heterocycles. The first-order chi connectivity index (χ1) is 8.78. The summed E-state index contributed by atoms with van der Waals surface area (Å²) in [5.41, 5.74) is 9.54. The van der Waals surface area contributed by atoms with Crippen molar-refractivity contribution in [3.05, 3.63) is 41.2 Å². The van der Waals surface area contributed by atoms with Gasteiger partial charge in [-0.15, -0.1) is 11.3 Å². The van der Waals surface area contributed by atoms with E-state index in [0.29, 0.717) is 6.54 Å². The Hall–Kier alpha value is -1.85. The maximum atomic E-state index is 5.68. The second kappa shape index (κ2) is 4.44. The van der Waals surface area contributed by atoms with Crippen molar-refractivity contribution in [2.24, 2.45) is 5.73 Å². The van der Waals surface area contributed by atoms with Crippen molar-refractivity contribution in [2.45, 2.75) is 13.5 Å². The minimum Gasteiger partial charge on any atom is -0.326 e. The zero-order valence-electron chi connectivity index (χ0n) is 9.92. The Morgan fingerprint density at radius 3 is 2.67 bits per heavy atom. The monoisotopic (exact) mass is 256 g/mol. The summed E-state index contributed by atoms with van der Waals surface area (Å²) in [6, 6.07) is 6.01. The summed E-state index contributed by atoms with van der Waals surface area (Å²) in [5.74, 6) is 0. The summed E-state index contributed by atoms with van der Waals surface area (Å²) in [6.07, 6.45) is 3.40. The lowest BCUT2D eigenvalue weighted by atomic mass is 10.2. The van der Waals surface area contributed by atoms with Gasteiger partial charge in [0.25, 0.3) is 0 Å². The van der Waals surface area contributed by atoms with Gasteiger partial charge in [0.2, 0.25) is 0 Å². The molecule has 5 heteroatoms. The van der Waals surface area contributed by atoms with Crippen molar-refractivity contribution in [3.63, 3.8) is 0 Å². The highest BCUT2D eigenvalue weighted by Crippen LogP contribution is 2.28. The molecule has 0 spiro atoms. The smallest absolute Gasteiger partial charge is 0.123 e. The highest BCUT2D eigenvalue weighted by molar-refractivity contribution is 7.15. The Labute approximate surface area is 109 Å². The van der Waals surface area contributed by atoms with Crippen LogP contribution >= 0.6 is 11.3 Å². The Morgan fingerprint density at radius 1 is 1.17 bits per heavy atom. The van der Waals surface area contributed by atoms with Gasteiger partial charge in [0, 0.05) is 29.4 Å². The second-order valence-corrected chi connectivity index (χ2v) is 5.08. The number of thiazole rings is 1. The Morgan fingerprint density at radius 2 is 1.94 bits per heavy atom. The van der Waals surface area contributed by atoms with E-state index in [9.17, 15) is 0 Å². The van der Waals surface area contributed by atoms with Crippen molar-refractivity contribution in [2.75, 3.05) is 0 Å². The van der Waals surface area contributed by atoms with Crippen LogP contribution in [0.1, 0.15) is 10.6 Å². The van der Waals surface area contributed by atoms with E-state index < -0.39 is 0 Å². The largest absolute Gasteiger partial charge is 0.326 e. The molecular formula is C13H12N4S. The van der Waals surface area contributed by atoms with E-state index in [1.54, 1.807) is 23.7 Å². The van der Waals surface area contributed by atoms with Crippen molar-refractivity contribution >= 4 is 22.4 Å². The fourth-order valence-electron chi connectivity index (χ4n) is 1.84. The molecule has 0 aliphatic rings. The molecule has 0 unspecified atom stereocenters. The van der Waals surface area contributed by atoms with Crippen LogP contribution in [-0.2, 0) is 6.54 Å². The average Bonchev–Trinajstić information content (AvgIpc) is 2.79. The van der Waals surface area contributed by atoms with Gasteiger partial charge in [-0.25, -0.2) is 4.98 Å². The summed E-state index contributed by atoms with van der Waals surface area (Å²) in [5, 5.41) is 0.987. The fourth-order valence-corrected chi connectivity index (χ4v) is 2.77. The molecule has 4 nitrogen and oxygen atoms in total. The highest BCUT2D eigenvalue weighted by Gasteiger charge is 2.09. The molecule has 0 radical (unpaired) electrons. The first-order valence-electron chi connectivity index (χ1n) is 5.65. The fraction of sp³-hybridized carbons (Fsp3) is 0.154. The van der Waals surface area contributed by atoms with Crippen LogP contribution in [0.15, 0.2) is 30.6 Å². The Bertz CT molecular complexity index is 705. The zero-order valence-corrected chi connectivity index (χ0v) is 10.7. The summed E-state index contributed by atoms with van der Waals surface area (Å²) < 4.78 is 0. The number of benzene rings is 1. The van der Waals surface area contributed by atoms with Gasteiger partial charge in [-0.05, 0) is 25.1 Å². The first kappa shape index (κ1) is 11.3. The van der Waals surface area contributed by atoms with E-state index in [4.69, 9.17) is 5.73 Å². The number of nitrogens with zero attached hydrogens (tertiary/aromatic N) is 3. The van der Waals surface area contributed by atoms with Crippen LogP contribution in [0.5, 0.6) is 0 Å². The van der Waals surface area contributed by atoms with E-state index in [-0.39, 0.29) is 0 Å². The molecule has 0 aliphatic carbocycles. The van der Waals surface area contributed by atoms with E-state index in [0.717, 1.165) is 32.2 Å². The maximum Gasteiger partial charge on any atom is 0.123 e. The van der Waals surface area contributed by atoms with Gasteiger partial charge in [0.1, 0.15) is 5.01 Å². The van der Waals surface area contributed by atoms with Crippen molar-refractivity contribution < 1.29 is 0 Å². The molecule has 1 aromatic carbocycles. The molecule has 2 heterocycles. The lowest BCUT2D eigenvalue weighted by Gasteiger charge is -1.98. The summed E-state index contributed by atoms with van der Waals surface area (Å²) in [7, 11) is 0. The molecule has 0 amide bonds. The number of nitrogens with two attached hydrogens (primary N) is 1. The van der Waals surface area contributed by atoms with Gasteiger partial charge in [0.15, 0.2) is 0 Å². The van der Waals surface area contributed by atoms with E-state index in [2.05, 4.69) is 15.0 Å². The van der Waals surface area contributed by atoms with E-state index in [1.165, 1.54) is 0 Å². The summed E-state index contributed by atoms with van der Waals surface area (Å²) in [6.45, 7) is 2.53. The van der Waals surface area contributed by atoms with Crippen LogP contribution in [0.2, 0.25) is 0 Å². The minimum atomic E-state index is 0.539. The van der Waals surface area contributed by atoms with Crippen LogP contribution in [-0.4, -0.2) is 15.0 Å². The van der Waals surface area contributed by atoms with Gasteiger partial charge < -0.3 is 5.73 Å². The maximum absolute atomic E-state index is 5.68. The number of fused-ring (bicyclic) bond motifs is 1. The van der Waals surface area contributed by atoms with E-state index in [1.807, 2.05) is 25.1 Å². The quantitative estimate of drug-likeness (QED) is 0.765. The normalized spacial score (nSPS) is 11.0. The van der Waals surface area contributed by atoms with Crippen LogP contribution in [0.4, 0.5) is 0 Å². The molecule has 2 N–H and O–H groups in total. The third kappa shape index (κ3) is 1.87. The summed E-state index contributed by atoms with van der Waals surface area (Å²) in [4.78, 5) is 14.2.